The van der Waals surface area contributed by atoms with Gasteiger partial charge in [0, 0.05) is 30.0 Å². The molecule has 5 aliphatic rings. The third kappa shape index (κ3) is 6.98. The fourth-order valence-electron chi connectivity index (χ4n) is 12.3. The molecule has 2 N–H and O–H groups in total. The van der Waals surface area contributed by atoms with Crippen molar-refractivity contribution < 1.29 is 0 Å². The Morgan fingerprint density at radius 2 is 1.06 bits per heavy atom. The van der Waals surface area contributed by atoms with E-state index >= 15 is 0 Å². The highest BCUT2D eigenvalue weighted by atomic mass is 35.5. The molecule has 1 saturated heterocycles. The molecule has 1 aliphatic heterocycles. The summed E-state index contributed by atoms with van der Waals surface area (Å²) in [6, 6.07) is 9.84. The van der Waals surface area contributed by atoms with Gasteiger partial charge in [-0.05, 0) is 149 Å². The first-order valence-corrected chi connectivity index (χ1v) is 23.2. The third-order valence-corrected chi connectivity index (χ3v) is 20.8. The summed E-state index contributed by atoms with van der Waals surface area (Å²) < 4.78 is 0. The number of hydrogen-bond donors (Lipinski definition) is 2. The van der Waals surface area contributed by atoms with E-state index < -0.39 is 6.89 Å². The van der Waals surface area contributed by atoms with Crippen LogP contribution in [-0.4, -0.2) is 35.9 Å². The Balaban J connectivity index is 1.40. The molecule has 2 aromatic carbocycles. The van der Waals surface area contributed by atoms with Gasteiger partial charge in [0.05, 0.1) is 10.1 Å². The maximum Gasteiger partial charge on any atom is 0.105 e. The molecule has 7 rings (SSSR count). The lowest BCUT2D eigenvalue weighted by Gasteiger charge is -2.54. The summed E-state index contributed by atoms with van der Waals surface area (Å²) in [7, 11) is 0. The van der Waals surface area contributed by atoms with Crippen molar-refractivity contribution >= 4 is 35.9 Å². The molecule has 1 heterocycles. The minimum Gasteiger partial charge on any atom is -0.370 e. The molecule has 2 aromatic rings. The van der Waals surface area contributed by atoms with E-state index in [1.807, 2.05) is 0 Å². The molecule has 3 saturated carbocycles. The Kier molecular flexibility index (Phi) is 11.4. The highest BCUT2D eigenvalue weighted by molar-refractivity contribution is 7.77. The topological polar surface area (TPSA) is 24.1 Å². The number of aryl methyl sites for hydroxylation is 6. The van der Waals surface area contributed by atoms with Crippen LogP contribution < -0.4 is 10.6 Å². The van der Waals surface area contributed by atoms with E-state index in [0.29, 0.717) is 5.03 Å². The second kappa shape index (κ2) is 15.5. The zero-order chi connectivity index (χ0) is 35.9. The van der Waals surface area contributed by atoms with Crippen molar-refractivity contribution in [2.45, 2.75) is 154 Å². The lowest BCUT2D eigenvalue weighted by atomic mass is 9.61. The molecule has 0 aromatic heterocycles. The standard InChI is InChI=1S/C46H63Cl2N2P/c1-30-25-32(3)42(33(4)26-30)46(43-34(5)27-31(2)28-35(43)6)21-19-39(20-22-46)51(37-13-9-7-10-14-37,38-15-11-8-12-16-38)29-36-17-18-40(47)44(48)41(36)45-49-23-24-50-45/h17-18,25-29,36-39,49-50H,7-16,19-24H2,1-6H3. The van der Waals surface area contributed by atoms with Crippen LogP contribution >= 0.6 is 30.1 Å². The van der Waals surface area contributed by atoms with E-state index in [9.17, 15) is 0 Å². The summed E-state index contributed by atoms with van der Waals surface area (Å²) in [5.74, 6) is 4.32. The average Bonchev–Trinajstić information content (AvgIpc) is 3.64. The van der Waals surface area contributed by atoms with Crippen LogP contribution in [0.4, 0.5) is 0 Å². The number of benzene rings is 2. The van der Waals surface area contributed by atoms with Crippen LogP contribution in [0.2, 0.25) is 0 Å². The Bertz CT molecular complexity index is 1640. The van der Waals surface area contributed by atoms with Crippen molar-refractivity contribution in [3.05, 3.63) is 102 Å². The maximum atomic E-state index is 7.20. The molecular formula is C46H63Cl2N2P. The summed E-state index contributed by atoms with van der Waals surface area (Å²) in [6.45, 7) is 14.4. The molecular weight excluding hydrogens is 682 g/mol. The van der Waals surface area contributed by atoms with Crippen LogP contribution in [0, 0.1) is 47.5 Å². The number of nitrogens with one attached hydrogen (secondary N) is 2. The molecule has 5 heteroatoms. The van der Waals surface area contributed by atoms with E-state index in [-0.39, 0.29) is 11.3 Å². The Labute approximate surface area is 320 Å². The van der Waals surface area contributed by atoms with Gasteiger partial charge < -0.3 is 10.6 Å². The predicted molar refractivity (Wildman–Crippen MR) is 225 cm³/mol. The fraction of sp³-hybridized carbons (Fsp3) is 0.587. The summed E-state index contributed by atoms with van der Waals surface area (Å²) in [6.07, 6.45) is 23.7. The smallest absolute Gasteiger partial charge is 0.105 e. The predicted octanol–water partition coefficient (Wildman–Crippen LogP) is 12.5. The van der Waals surface area contributed by atoms with Gasteiger partial charge in [0.25, 0.3) is 0 Å². The Hall–Kier alpha value is -1.86. The summed E-state index contributed by atoms with van der Waals surface area (Å²) in [5, 5.41) is 8.73. The van der Waals surface area contributed by atoms with E-state index in [1.165, 1.54) is 129 Å². The van der Waals surface area contributed by atoms with Crippen molar-refractivity contribution in [3.63, 3.8) is 0 Å². The minimum absolute atomic E-state index is 0.0458. The van der Waals surface area contributed by atoms with Crippen molar-refractivity contribution in [1.82, 2.24) is 10.6 Å². The third-order valence-electron chi connectivity index (χ3n) is 13.8. The molecule has 0 spiro atoms. The van der Waals surface area contributed by atoms with Gasteiger partial charge in [-0.1, -0.05) is 116 Å². The SMILES string of the molecule is Cc1cc(C)c(C2(c3c(C)cc(C)cc3C)CCC(P(=CC3C=CC(Cl)=C(Cl)C3=C3NCCN3)(C3CCCCC3)C3CCCCC3)CC2)c(C)c1. The minimum atomic E-state index is -1.61. The van der Waals surface area contributed by atoms with Crippen LogP contribution in [0.1, 0.15) is 134 Å². The lowest BCUT2D eigenvalue weighted by molar-refractivity contribution is 0.340. The van der Waals surface area contributed by atoms with Gasteiger partial charge in [-0.3, -0.25) is 0 Å². The highest BCUT2D eigenvalue weighted by Gasteiger charge is 2.49. The number of halogens is 2. The molecule has 0 amide bonds. The quantitative estimate of drug-likeness (QED) is 0.288. The maximum absolute atomic E-state index is 7.20. The highest BCUT2D eigenvalue weighted by Crippen LogP contribution is 2.71. The normalized spacial score (nSPS) is 23.8. The van der Waals surface area contributed by atoms with Gasteiger partial charge in [-0.25, -0.2) is 0 Å². The number of hydrogen-bond acceptors (Lipinski definition) is 2. The molecule has 4 fully saturated rings. The van der Waals surface area contributed by atoms with E-state index in [2.05, 4.69) is 94.4 Å². The first-order chi connectivity index (χ1) is 24.5. The van der Waals surface area contributed by atoms with Crippen LogP contribution in [-0.2, 0) is 5.41 Å². The second-order valence-electron chi connectivity index (χ2n) is 17.2. The van der Waals surface area contributed by atoms with E-state index in [4.69, 9.17) is 23.2 Å². The molecule has 276 valence electrons. The lowest BCUT2D eigenvalue weighted by Crippen LogP contribution is -2.41. The van der Waals surface area contributed by atoms with Crippen LogP contribution in [0.5, 0.6) is 0 Å². The van der Waals surface area contributed by atoms with Crippen molar-refractivity contribution in [2.75, 3.05) is 13.1 Å². The Morgan fingerprint density at radius 1 is 0.627 bits per heavy atom. The van der Waals surface area contributed by atoms with Crippen molar-refractivity contribution in [3.8, 4) is 0 Å². The van der Waals surface area contributed by atoms with Gasteiger partial charge in [-0.15, -0.1) is 0 Å². The molecule has 0 radical (unpaired) electrons. The van der Waals surface area contributed by atoms with E-state index in [0.717, 1.165) is 40.9 Å². The summed E-state index contributed by atoms with van der Waals surface area (Å²) in [4.78, 5) is 0. The van der Waals surface area contributed by atoms with Crippen LogP contribution in [0.15, 0.2) is 57.9 Å². The molecule has 0 bridgehead atoms. The van der Waals surface area contributed by atoms with Crippen molar-refractivity contribution in [2.24, 2.45) is 5.92 Å². The fourth-order valence-corrected chi connectivity index (χ4v) is 19.7. The molecule has 1 unspecified atom stereocenters. The van der Waals surface area contributed by atoms with Gasteiger partial charge in [-0.2, -0.15) is 0 Å². The first-order valence-electron chi connectivity index (χ1n) is 20.4. The monoisotopic (exact) mass is 744 g/mol. The molecule has 1 atom stereocenters. The Morgan fingerprint density at radius 3 is 1.51 bits per heavy atom. The number of rotatable bonds is 6. The van der Waals surface area contributed by atoms with Gasteiger partial charge >= 0.3 is 0 Å². The van der Waals surface area contributed by atoms with Crippen molar-refractivity contribution in [1.29, 1.82) is 0 Å². The summed E-state index contributed by atoms with van der Waals surface area (Å²) >= 11 is 14.0. The van der Waals surface area contributed by atoms with Gasteiger partial charge in [0.15, 0.2) is 0 Å². The number of allylic oxidation sites excluding steroid dienone is 5. The van der Waals surface area contributed by atoms with Crippen LogP contribution in [0.25, 0.3) is 0 Å². The second-order valence-corrected chi connectivity index (χ2v) is 22.2. The average molecular weight is 746 g/mol. The van der Waals surface area contributed by atoms with E-state index in [1.54, 1.807) is 11.1 Å². The van der Waals surface area contributed by atoms with Crippen LogP contribution in [0.3, 0.4) is 0 Å². The zero-order valence-corrected chi connectivity index (χ0v) is 34.8. The first kappa shape index (κ1) is 37.5. The largest absolute Gasteiger partial charge is 0.370 e. The van der Waals surface area contributed by atoms with Gasteiger partial charge in [0.2, 0.25) is 0 Å². The zero-order valence-electron chi connectivity index (χ0n) is 32.4. The summed E-state index contributed by atoms with van der Waals surface area (Å²) in [5.41, 5.74) is 15.6. The molecule has 51 heavy (non-hydrogen) atoms. The molecule has 4 aliphatic carbocycles. The molecule has 2 nitrogen and oxygen atoms in total. The van der Waals surface area contributed by atoms with Gasteiger partial charge in [0.1, 0.15) is 5.82 Å².